The molecule has 1 fully saturated rings. The molecule has 2 aromatic carbocycles. The van der Waals surface area contributed by atoms with E-state index in [2.05, 4.69) is 43.0 Å². The fraction of sp³-hybridized carbons (Fsp3) is 0.346. The van der Waals surface area contributed by atoms with E-state index < -0.39 is 0 Å². The highest BCUT2D eigenvalue weighted by molar-refractivity contribution is 6.04. The van der Waals surface area contributed by atoms with Gasteiger partial charge < -0.3 is 9.32 Å². The van der Waals surface area contributed by atoms with Crippen LogP contribution in [0.4, 0.5) is 10.1 Å². The number of anilines is 1. The Kier molecular flexibility index (Phi) is 6.52. The second-order valence-electron chi connectivity index (χ2n) is 8.53. The van der Waals surface area contributed by atoms with Gasteiger partial charge in [-0.15, -0.1) is 0 Å². The van der Waals surface area contributed by atoms with Gasteiger partial charge in [0.2, 0.25) is 0 Å². The highest BCUT2D eigenvalue weighted by atomic mass is 19.1. The molecule has 0 atom stereocenters. The van der Waals surface area contributed by atoms with Gasteiger partial charge in [0, 0.05) is 31.4 Å². The Bertz CT molecular complexity index is 973. The van der Waals surface area contributed by atoms with Crippen LogP contribution in [-0.4, -0.2) is 29.9 Å². The number of amides is 1. The summed E-state index contributed by atoms with van der Waals surface area (Å²) in [6, 6.07) is 18.4. The van der Waals surface area contributed by atoms with Crippen molar-refractivity contribution >= 4 is 11.6 Å². The fourth-order valence-electron chi connectivity index (χ4n) is 4.22. The molecule has 0 bridgehead atoms. The molecule has 1 amide bonds. The van der Waals surface area contributed by atoms with Crippen molar-refractivity contribution < 1.29 is 13.6 Å². The summed E-state index contributed by atoms with van der Waals surface area (Å²) < 4.78 is 18.8. The number of likely N-dealkylation sites (tertiary alicyclic amines) is 1. The summed E-state index contributed by atoms with van der Waals surface area (Å²) in [5.74, 6) is 0.345. The van der Waals surface area contributed by atoms with Crippen molar-refractivity contribution in [2.45, 2.75) is 45.2 Å². The van der Waals surface area contributed by atoms with Gasteiger partial charge in [0.25, 0.3) is 5.91 Å². The van der Waals surface area contributed by atoms with Crippen molar-refractivity contribution in [2.24, 2.45) is 0 Å². The fourth-order valence-corrected chi connectivity index (χ4v) is 4.22. The number of carbonyl (C=O) groups excluding carboxylic acids is 1. The molecular formula is C26H29FN2O2. The number of piperidine rings is 1. The van der Waals surface area contributed by atoms with Gasteiger partial charge in [0.1, 0.15) is 5.82 Å². The van der Waals surface area contributed by atoms with Crippen molar-refractivity contribution in [1.29, 1.82) is 0 Å². The van der Waals surface area contributed by atoms with E-state index in [1.54, 1.807) is 29.2 Å². The molecule has 1 aromatic heterocycles. The van der Waals surface area contributed by atoms with Gasteiger partial charge in [-0.2, -0.15) is 0 Å². The van der Waals surface area contributed by atoms with Crippen molar-refractivity contribution in [3.05, 3.63) is 89.6 Å². The third-order valence-electron chi connectivity index (χ3n) is 6.03. The maximum Gasteiger partial charge on any atom is 0.294 e. The molecule has 2 heterocycles. The second-order valence-corrected chi connectivity index (χ2v) is 8.53. The third-order valence-corrected chi connectivity index (χ3v) is 6.03. The highest BCUT2D eigenvalue weighted by Gasteiger charge is 2.31. The number of carbonyl (C=O) groups is 1. The molecule has 3 aromatic rings. The number of furan rings is 1. The SMILES string of the molecule is CC(C)c1ccc(CN2CCC(N(C(=O)c3ccco3)c3ccc(F)cc3)CC2)cc1. The lowest BCUT2D eigenvalue weighted by Crippen LogP contribution is -2.47. The van der Waals surface area contributed by atoms with Crippen LogP contribution in [0.15, 0.2) is 71.3 Å². The van der Waals surface area contributed by atoms with Gasteiger partial charge in [0.05, 0.1) is 6.26 Å². The van der Waals surface area contributed by atoms with Crippen molar-refractivity contribution in [3.63, 3.8) is 0 Å². The van der Waals surface area contributed by atoms with Gasteiger partial charge in [-0.3, -0.25) is 9.69 Å². The predicted molar refractivity (Wildman–Crippen MR) is 121 cm³/mol. The van der Waals surface area contributed by atoms with Crippen LogP contribution >= 0.6 is 0 Å². The lowest BCUT2D eigenvalue weighted by molar-refractivity contribution is 0.0931. The smallest absolute Gasteiger partial charge is 0.294 e. The molecule has 0 unspecified atom stereocenters. The minimum Gasteiger partial charge on any atom is -0.459 e. The van der Waals surface area contributed by atoms with E-state index in [1.165, 1.54) is 29.5 Å². The summed E-state index contributed by atoms with van der Waals surface area (Å²) in [6.45, 7) is 7.13. The van der Waals surface area contributed by atoms with Crippen molar-refractivity contribution in [1.82, 2.24) is 4.90 Å². The standard InChI is InChI=1S/C26H29FN2O2/c1-19(2)21-7-5-20(6-8-21)18-28-15-13-24(14-16-28)29(23-11-9-22(27)10-12-23)26(30)25-4-3-17-31-25/h3-12,17,19,24H,13-16,18H2,1-2H3. The molecule has 4 rings (SSSR count). The first-order chi connectivity index (χ1) is 15.0. The van der Waals surface area contributed by atoms with E-state index in [4.69, 9.17) is 4.42 Å². The molecule has 0 aliphatic carbocycles. The number of hydrogen-bond donors (Lipinski definition) is 0. The Hall–Kier alpha value is -2.92. The Morgan fingerprint density at radius 2 is 1.74 bits per heavy atom. The number of benzene rings is 2. The van der Waals surface area contributed by atoms with E-state index in [0.717, 1.165) is 32.5 Å². The molecule has 0 saturated carbocycles. The summed E-state index contributed by atoms with van der Waals surface area (Å²) in [4.78, 5) is 17.4. The molecule has 162 valence electrons. The van der Waals surface area contributed by atoms with E-state index in [9.17, 15) is 9.18 Å². The summed E-state index contributed by atoms with van der Waals surface area (Å²) in [5.41, 5.74) is 3.37. The van der Waals surface area contributed by atoms with Crippen molar-refractivity contribution in [2.75, 3.05) is 18.0 Å². The first-order valence-electron chi connectivity index (χ1n) is 10.9. The van der Waals surface area contributed by atoms with Gasteiger partial charge >= 0.3 is 0 Å². The van der Waals surface area contributed by atoms with Gasteiger partial charge in [-0.25, -0.2) is 4.39 Å². The largest absolute Gasteiger partial charge is 0.459 e. The van der Waals surface area contributed by atoms with Crippen LogP contribution in [0.2, 0.25) is 0 Å². The van der Waals surface area contributed by atoms with Crippen molar-refractivity contribution in [3.8, 4) is 0 Å². The lowest BCUT2D eigenvalue weighted by atomic mass is 9.99. The molecule has 4 nitrogen and oxygen atoms in total. The number of halogens is 1. The van der Waals surface area contributed by atoms with Gasteiger partial charge in [-0.05, 0) is 66.3 Å². The van der Waals surface area contributed by atoms with E-state index in [-0.39, 0.29) is 17.8 Å². The first-order valence-corrected chi connectivity index (χ1v) is 10.9. The van der Waals surface area contributed by atoms with Crippen LogP contribution in [-0.2, 0) is 6.54 Å². The predicted octanol–water partition coefficient (Wildman–Crippen LogP) is 5.85. The normalized spacial score (nSPS) is 15.4. The van der Waals surface area contributed by atoms with Crippen LogP contribution in [0.5, 0.6) is 0 Å². The summed E-state index contributed by atoms with van der Waals surface area (Å²) >= 11 is 0. The number of nitrogens with zero attached hydrogens (tertiary/aromatic N) is 2. The van der Waals surface area contributed by atoms with Gasteiger partial charge in [0.15, 0.2) is 5.76 Å². The molecule has 0 radical (unpaired) electrons. The summed E-state index contributed by atoms with van der Waals surface area (Å²) in [5, 5.41) is 0. The molecule has 1 saturated heterocycles. The Labute approximate surface area is 183 Å². The zero-order chi connectivity index (χ0) is 21.8. The molecule has 0 N–H and O–H groups in total. The van der Waals surface area contributed by atoms with E-state index >= 15 is 0 Å². The molecule has 5 heteroatoms. The summed E-state index contributed by atoms with van der Waals surface area (Å²) in [6.07, 6.45) is 3.21. The quantitative estimate of drug-likeness (QED) is 0.502. The maximum atomic E-state index is 13.5. The Balaban J connectivity index is 1.44. The van der Waals surface area contributed by atoms with Crippen LogP contribution < -0.4 is 4.90 Å². The molecule has 0 spiro atoms. The van der Waals surface area contributed by atoms with Crippen LogP contribution in [0.1, 0.15) is 54.3 Å². The first kappa shape index (κ1) is 21.3. The average Bonchev–Trinajstić information content (AvgIpc) is 3.32. The third kappa shape index (κ3) is 5.05. The topological polar surface area (TPSA) is 36.7 Å². The van der Waals surface area contributed by atoms with Crippen LogP contribution in [0, 0.1) is 5.82 Å². The number of rotatable bonds is 6. The minimum atomic E-state index is -0.313. The van der Waals surface area contributed by atoms with E-state index in [0.29, 0.717) is 17.4 Å². The summed E-state index contributed by atoms with van der Waals surface area (Å²) in [7, 11) is 0. The zero-order valence-corrected chi connectivity index (χ0v) is 18.1. The molecular weight excluding hydrogens is 391 g/mol. The Morgan fingerprint density at radius 1 is 1.06 bits per heavy atom. The second kappa shape index (κ2) is 9.48. The monoisotopic (exact) mass is 420 g/mol. The average molecular weight is 421 g/mol. The Morgan fingerprint density at radius 3 is 2.32 bits per heavy atom. The van der Waals surface area contributed by atoms with Crippen LogP contribution in [0.3, 0.4) is 0 Å². The maximum absolute atomic E-state index is 13.5. The van der Waals surface area contributed by atoms with E-state index in [1.807, 2.05) is 0 Å². The molecule has 1 aliphatic rings. The zero-order valence-electron chi connectivity index (χ0n) is 18.1. The lowest BCUT2D eigenvalue weighted by Gasteiger charge is -2.38. The van der Waals surface area contributed by atoms with Crippen LogP contribution in [0.25, 0.3) is 0 Å². The van der Waals surface area contributed by atoms with Gasteiger partial charge in [-0.1, -0.05) is 38.1 Å². The highest BCUT2D eigenvalue weighted by Crippen LogP contribution is 2.27. The number of hydrogen-bond acceptors (Lipinski definition) is 3. The molecule has 1 aliphatic heterocycles. The minimum absolute atomic E-state index is 0.0441. The molecule has 31 heavy (non-hydrogen) atoms.